The van der Waals surface area contributed by atoms with E-state index in [9.17, 15) is 0 Å². The van der Waals surface area contributed by atoms with Gasteiger partial charge >= 0.3 is 0 Å². The summed E-state index contributed by atoms with van der Waals surface area (Å²) in [6.07, 6.45) is 0. The summed E-state index contributed by atoms with van der Waals surface area (Å²) >= 11 is 0. The van der Waals surface area contributed by atoms with Gasteiger partial charge < -0.3 is 14.5 Å². The number of hydrogen-bond acceptors (Lipinski definition) is 3. The third-order valence-corrected chi connectivity index (χ3v) is 3.17. The van der Waals surface area contributed by atoms with E-state index in [0.29, 0.717) is 6.61 Å². The molecule has 1 aliphatic heterocycles. The summed E-state index contributed by atoms with van der Waals surface area (Å²) in [4.78, 5) is 0. The van der Waals surface area contributed by atoms with E-state index in [0.717, 1.165) is 39.9 Å². The molecule has 0 unspecified atom stereocenters. The van der Waals surface area contributed by atoms with E-state index in [1.165, 1.54) is 0 Å². The number of hydrogen-bond donors (Lipinski definition) is 1. The zero-order chi connectivity index (χ0) is 11.2. The summed E-state index contributed by atoms with van der Waals surface area (Å²) in [7, 11) is 0. The molecule has 0 fully saturated rings. The Labute approximate surface area is 98.0 Å². The van der Waals surface area contributed by atoms with Crippen molar-refractivity contribution in [3.63, 3.8) is 0 Å². The van der Waals surface area contributed by atoms with Gasteiger partial charge in [-0.3, -0.25) is 0 Å². The highest BCUT2D eigenvalue weighted by Crippen LogP contribution is 2.40. The number of benzene rings is 2. The van der Waals surface area contributed by atoms with Gasteiger partial charge in [-0.2, -0.15) is 0 Å². The van der Waals surface area contributed by atoms with Crippen LogP contribution < -0.4 is 10.1 Å². The van der Waals surface area contributed by atoms with Crippen molar-refractivity contribution in [2.75, 3.05) is 18.5 Å². The van der Waals surface area contributed by atoms with Crippen LogP contribution in [0.25, 0.3) is 21.9 Å². The molecule has 3 heteroatoms. The van der Waals surface area contributed by atoms with Gasteiger partial charge in [0.1, 0.15) is 23.5 Å². The lowest BCUT2D eigenvalue weighted by Crippen LogP contribution is -2.17. The van der Waals surface area contributed by atoms with Crippen LogP contribution in [0.5, 0.6) is 5.75 Å². The monoisotopic (exact) mass is 225 g/mol. The van der Waals surface area contributed by atoms with Crippen molar-refractivity contribution >= 4 is 27.6 Å². The number of anilines is 1. The summed E-state index contributed by atoms with van der Waals surface area (Å²) < 4.78 is 11.5. The Kier molecular flexibility index (Phi) is 1.66. The number of nitrogens with one attached hydrogen (secondary N) is 1. The number of ether oxygens (including phenoxy) is 1. The zero-order valence-electron chi connectivity index (χ0n) is 9.19. The molecule has 0 radical (unpaired) electrons. The van der Waals surface area contributed by atoms with Crippen molar-refractivity contribution in [3.8, 4) is 5.75 Å². The molecule has 4 rings (SSSR count). The highest BCUT2D eigenvalue weighted by atomic mass is 16.5. The average Bonchev–Trinajstić information content (AvgIpc) is 2.77. The molecule has 84 valence electrons. The minimum atomic E-state index is 0.717. The van der Waals surface area contributed by atoms with Crippen LogP contribution in [-0.2, 0) is 0 Å². The standard InChI is InChI=1S/C14H11NO2/c1-2-4-10-9(3-1)13-11(17-10)5-6-12-14(13)15-7-8-16-12/h1-6,15H,7-8H2. The Balaban J connectivity index is 2.20. The molecular formula is C14H11NO2. The van der Waals surface area contributed by atoms with Crippen molar-refractivity contribution in [3.05, 3.63) is 36.4 Å². The molecule has 2 aromatic carbocycles. The lowest BCUT2D eigenvalue weighted by atomic mass is 10.1. The predicted molar refractivity (Wildman–Crippen MR) is 67.7 cm³/mol. The van der Waals surface area contributed by atoms with Crippen LogP contribution in [0.15, 0.2) is 40.8 Å². The van der Waals surface area contributed by atoms with E-state index >= 15 is 0 Å². The first-order chi connectivity index (χ1) is 8.43. The third-order valence-electron chi connectivity index (χ3n) is 3.17. The summed E-state index contributed by atoms with van der Waals surface area (Å²) in [5.41, 5.74) is 2.88. The first-order valence-electron chi connectivity index (χ1n) is 5.74. The van der Waals surface area contributed by atoms with Gasteiger partial charge in [-0.05, 0) is 18.2 Å². The van der Waals surface area contributed by atoms with Crippen molar-refractivity contribution in [1.29, 1.82) is 0 Å². The molecule has 17 heavy (non-hydrogen) atoms. The molecule has 0 amide bonds. The van der Waals surface area contributed by atoms with E-state index in [-0.39, 0.29) is 0 Å². The molecule has 1 N–H and O–H groups in total. The second-order valence-corrected chi connectivity index (χ2v) is 4.19. The van der Waals surface area contributed by atoms with Gasteiger partial charge in [0.2, 0.25) is 0 Å². The van der Waals surface area contributed by atoms with Crippen LogP contribution in [0.3, 0.4) is 0 Å². The second kappa shape index (κ2) is 3.17. The smallest absolute Gasteiger partial charge is 0.143 e. The molecule has 0 atom stereocenters. The van der Waals surface area contributed by atoms with E-state index in [1.807, 2.05) is 30.3 Å². The lowest BCUT2D eigenvalue weighted by Gasteiger charge is -2.19. The quantitative estimate of drug-likeness (QED) is 0.636. The highest BCUT2D eigenvalue weighted by molar-refractivity contribution is 6.12. The van der Waals surface area contributed by atoms with Gasteiger partial charge in [0.05, 0.1) is 11.1 Å². The maximum absolute atomic E-state index is 5.82. The summed E-state index contributed by atoms with van der Waals surface area (Å²) in [6.45, 7) is 1.56. The van der Waals surface area contributed by atoms with Crippen molar-refractivity contribution in [2.45, 2.75) is 0 Å². The van der Waals surface area contributed by atoms with Crippen LogP contribution in [0.1, 0.15) is 0 Å². The molecule has 3 aromatic rings. The van der Waals surface area contributed by atoms with Crippen molar-refractivity contribution < 1.29 is 9.15 Å². The lowest BCUT2D eigenvalue weighted by molar-refractivity contribution is 0.324. The van der Waals surface area contributed by atoms with Crippen LogP contribution in [0, 0.1) is 0 Å². The molecule has 3 nitrogen and oxygen atoms in total. The largest absolute Gasteiger partial charge is 0.490 e. The van der Waals surface area contributed by atoms with Crippen molar-refractivity contribution in [2.24, 2.45) is 0 Å². The molecule has 2 heterocycles. The molecule has 0 spiro atoms. The molecule has 0 aliphatic carbocycles. The number of para-hydroxylation sites is 1. The van der Waals surface area contributed by atoms with Crippen LogP contribution in [-0.4, -0.2) is 13.2 Å². The fraction of sp³-hybridized carbons (Fsp3) is 0.143. The van der Waals surface area contributed by atoms with Gasteiger partial charge in [0, 0.05) is 11.9 Å². The zero-order valence-corrected chi connectivity index (χ0v) is 9.19. The van der Waals surface area contributed by atoms with E-state index in [1.54, 1.807) is 0 Å². The van der Waals surface area contributed by atoms with E-state index in [4.69, 9.17) is 9.15 Å². The topological polar surface area (TPSA) is 34.4 Å². The fourth-order valence-corrected chi connectivity index (χ4v) is 2.43. The van der Waals surface area contributed by atoms with Gasteiger partial charge in [-0.15, -0.1) is 0 Å². The second-order valence-electron chi connectivity index (χ2n) is 4.19. The Morgan fingerprint density at radius 1 is 1.00 bits per heavy atom. The first kappa shape index (κ1) is 8.93. The molecule has 0 bridgehead atoms. The van der Waals surface area contributed by atoms with Crippen LogP contribution >= 0.6 is 0 Å². The molecule has 0 saturated carbocycles. The van der Waals surface area contributed by atoms with Crippen molar-refractivity contribution in [1.82, 2.24) is 0 Å². The number of fused-ring (bicyclic) bond motifs is 5. The van der Waals surface area contributed by atoms with Gasteiger partial charge in [-0.1, -0.05) is 18.2 Å². The Bertz CT molecular complexity index is 715. The Morgan fingerprint density at radius 3 is 2.94 bits per heavy atom. The SMILES string of the molecule is c1ccc2c(c1)oc1ccc3c(c12)NCCO3. The summed E-state index contributed by atoms with van der Waals surface area (Å²) in [6, 6.07) is 12.0. The summed E-state index contributed by atoms with van der Waals surface area (Å²) in [5, 5.41) is 5.66. The van der Waals surface area contributed by atoms with Gasteiger partial charge in [-0.25, -0.2) is 0 Å². The molecule has 1 aliphatic rings. The van der Waals surface area contributed by atoms with Gasteiger partial charge in [0.15, 0.2) is 0 Å². The molecule has 1 aromatic heterocycles. The number of rotatable bonds is 0. The van der Waals surface area contributed by atoms with Gasteiger partial charge in [0.25, 0.3) is 0 Å². The third kappa shape index (κ3) is 1.16. The van der Waals surface area contributed by atoms with E-state index < -0.39 is 0 Å². The highest BCUT2D eigenvalue weighted by Gasteiger charge is 2.17. The normalized spacial score (nSPS) is 14.4. The minimum Gasteiger partial charge on any atom is -0.490 e. The molecule has 0 saturated heterocycles. The summed E-state index contributed by atoms with van der Waals surface area (Å²) in [5.74, 6) is 0.912. The Morgan fingerprint density at radius 2 is 1.94 bits per heavy atom. The van der Waals surface area contributed by atoms with Crippen LogP contribution in [0.4, 0.5) is 5.69 Å². The van der Waals surface area contributed by atoms with Crippen LogP contribution in [0.2, 0.25) is 0 Å². The fourth-order valence-electron chi connectivity index (χ4n) is 2.43. The maximum atomic E-state index is 5.82. The Hall–Kier alpha value is -2.16. The minimum absolute atomic E-state index is 0.717. The number of furan rings is 1. The average molecular weight is 225 g/mol. The first-order valence-corrected chi connectivity index (χ1v) is 5.74. The van der Waals surface area contributed by atoms with E-state index in [2.05, 4.69) is 11.4 Å². The maximum Gasteiger partial charge on any atom is 0.143 e. The molecular weight excluding hydrogens is 214 g/mol. The predicted octanol–water partition coefficient (Wildman–Crippen LogP) is 3.39.